The number of amides is 1. The second kappa shape index (κ2) is 9.78. The van der Waals surface area contributed by atoms with E-state index < -0.39 is 0 Å². The quantitative estimate of drug-likeness (QED) is 0.364. The van der Waals surface area contributed by atoms with Crippen molar-refractivity contribution in [1.82, 2.24) is 14.8 Å². The van der Waals surface area contributed by atoms with Gasteiger partial charge in [0.25, 0.3) is 0 Å². The van der Waals surface area contributed by atoms with Crippen molar-refractivity contribution in [1.29, 1.82) is 0 Å². The predicted octanol–water partition coefficient (Wildman–Crippen LogP) is 5.26. The van der Waals surface area contributed by atoms with Crippen LogP contribution < -0.4 is 4.90 Å². The summed E-state index contributed by atoms with van der Waals surface area (Å²) in [5.74, 6) is 0.525. The van der Waals surface area contributed by atoms with E-state index in [4.69, 9.17) is 0 Å². The standard InChI is InChI=1S/C25H23FN4OS/c1-18-7-6-10-22(15-18)30(16-19-8-4-3-5-9-19)23(31)17-32-25-28-27-24(29(25)2)20-11-13-21(26)14-12-20/h3-15H,16-17H2,1-2H3. The van der Waals surface area contributed by atoms with Crippen molar-refractivity contribution in [2.24, 2.45) is 7.05 Å². The molecule has 0 atom stereocenters. The monoisotopic (exact) mass is 446 g/mol. The maximum atomic E-state index is 13.3. The van der Waals surface area contributed by atoms with Gasteiger partial charge in [0.15, 0.2) is 11.0 Å². The average Bonchev–Trinajstić information content (AvgIpc) is 3.17. The molecule has 0 fully saturated rings. The van der Waals surface area contributed by atoms with Crippen LogP contribution >= 0.6 is 11.8 Å². The SMILES string of the molecule is Cc1cccc(N(Cc2ccccc2)C(=O)CSc2nnc(-c3ccc(F)cc3)n2C)c1. The summed E-state index contributed by atoms with van der Waals surface area (Å²) in [6.07, 6.45) is 0. The molecule has 0 aliphatic carbocycles. The molecule has 7 heteroatoms. The van der Waals surface area contributed by atoms with E-state index >= 15 is 0 Å². The van der Waals surface area contributed by atoms with Crippen LogP contribution in [0.4, 0.5) is 10.1 Å². The largest absolute Gasteiger partial charge is 0.307 e. The number of aromatic nitrogens is 3. The van der Waals surface area contributed by atoms with Gasteiger partial charge in [-0.25, -0.2) is 4.39 Å². The number of carbonyl (C=O) groups excluding carboxylic acids is 1. The van der Waals surface area contributed by atoms with E-state index in [9.17, 15) is 9.18 Å². The first-order chi connectivity index (χ1) is 15.5. The van der Waals surface area contributed by atoms with Crippen molar-refractivity contribution >= 4 is 23.4 Å². The molecule has 1 heterocycles. The molecular weight excluding hydrogens is 423 g/mol. The summed E-state index contributed by atoms with van der Waals surface area (Å²) in [5, 5.41) is 9.08. The molecule has 4 rings (SSSR count). The van der Waals surface area contributed by atoms with E-state index in [2.05, 4.69) is 10.2 Å². The lowest BCUT2D eigenvalue weighted by Crippen LogP contribution is -2.32. The van der Waals surface area contributed by atoms with Crippen LogP contribution in [0.25, 0.3) is 11.4 Å². The molecule has 0 spiro atoms. The Morgan fingerprint density at radius 1 is 1.00 bits per heavy atom. The molecule has 0 aliphatic rings. The molecule has 162 valence electrons. The molecule has 3 aromatic carbocycles. The number of benzene rings is 3. The van der Waals surface area contributed by atoms with Gasteiger partial charge in [-0.2, -0.15) is 0 Å². The van der Waals surface area contributed by atoms with Gasteiger partial charge in [-0.1, -0.05) is 54.2 Å². The van der Waals surface area contributed by atoms with Crippen molar-refractivity contribution in [3.05, 3.63) is 95.8 Å². The lowest BCUT2D eigenvalue weighted by atomic mass is 10.1. The first-order valence-corrected chi connectivity index (χ1v) is 11.2. The molecular formula is C25H23FN4OS. The number of thioether (sulfide) groups is 1. The van der Waals surface area contributed by atoms with Gasteiger partial charge in [0.1, 0.15) is 5.82 Å². The third-order valence-electron chi connectivity index (χ3n) is 5.06. The Labute approximate surface area is 190 Å². The van der Waals surface area contributed by atoms with E-state index in [1.54, 1.807) is 17.0 Å². The van der Waals surface area contributed by atoms with Crippen molar-refractivity contribution in [3.8, 4) is 11.4 Å². The zero-order valence-corrected chi connectivity index (χ0v) is 18.7. The number of hydrogen-bond donors (Lipinski definition) is 0. The summed E-state index contributed by atoms with van der Waals surface area (Å²) in [4.78, 5) is 15.1. The van der Waals surface area contributed by atoms with Crippen LogP contribution in [0.15, 0.2) is 84.0 Å². The van der Waals surface area contributed by atoms with Crippen LogP contribution in [0.3, 0.4) is 0 Å². The van der Waals surface area contributed by atoms with Gasteiger partial charge in [-0.3, -0.25) is 4.79 Å². The van der Waals surface area contributed by atoms with Crippen LogP contribution in [0.5, 0.6) is 0 Å². The van der Waals surface area contributed by atoms with Crippen LogP contribution in [-0.2, 0) is 18.4 Å². The van der Waals surface area contributed by atoms with Crippen molar-refractivity contribution in [3.63, 3.8) is 0 Å². The third-order valence-corrected chi connectivity index (χ3v) is 6.06. The Balaban J connectivity index is 1.52. The Morgan fingerprint density at radius 3 is 2.47 bits per heavy atom. The Hall–Kier alpha value is -3.45. The first-order valence-electron chi connectivity index (χ1n) is 10.2. The smallest absolute Gasteiger partial charge is 0.237 e. The Kier molecular flexibility index (Phi) is 6.66. The summed E-state index contributed by atoms with van der Waals surface area (Å²) < 4.78 is 15.0. The number of rotatable bonds is 7. The molecule has 0 unspecified atom stereocenters. The van der Waals surface area contributed by atoms with Crippen molar-refractivity contribution in [2.75, 3.05) is 10.7 Å². The molecule has 0 saturated heterocycles. The molecule has 0 radical (unpaired) electrons. The van der Waals surface area contributed by atoms with Gasteiger partial charge in [-0.05, 0) is 54.4 Å². The molecule has 4 aromatic rings. The van der Waals surface area contributed by atoms with Crippen LogP contribution in [0.1, 0.15) is 11.1 Å². The number of anilines is 1. The molecule has 1 aromatic heterocycles. The van der Waals surface area contributed by atoms with E-state index in [0.717, 1.165) is 22.4 Å². The zero-order valence-electron chi connectivity index (χ0n) is 17.9. The van der Waals surface area contributed by atoms with Crippen LogP contribution in [-0.4, -0.2) is 26.4 Å². The van der Waals surface area contributed by atoms with Crippen molar-refractivity contribution < 1.29 is 9.18 Å². The van der Waals surface area contributed by atoms with Crippen LogP contribution in [0.2, 0.25) is 0 Å². The summed E-state index contributed by atoms with van der Waals surface area (Å²) >= 11 is 1.34. The Morgan fingerprint density at radius 2 is 1.75 bits per heavy atom. The van der Waals surface area contributed by atoms with E-state index in [-0.39, 0.29) is 17.5 Å². The van der Waals surface area contributed by atoms with Gasteiger partial charge in [0.2, 0.25) is 5.91 Å². The fourth-order valence-corrected chi connectivity index (χ4v) is 4.17. The second-order valence-corrected chi connectivity index (χ2v) is 8.41. The molecule has 1 amide bonds. The highest BCUT2D eigenvalue weighted by molar-refractivity contribution is 7.99. The molecule has 0 aliphatic heterocycles. The number of aryl methyl sites for hydroxylation is 1. The number of halogens is 1. The highest BCUT2D eigenvalue weighted by Crippen LogP contribution is 2.25. The highest BCUT2D eigenvalue weighted by Gasteiger charge is 2.19. The predicted molar refractivity (Wildman–Crippen MR) is 126 cm³/mol. The van der Waals surface area contributed by atoms with Gasteiger partial charge in [-0.15, -0.1) is 10.2 Å². The topological polar surface area (TPSA) is 51.0 Å². The lowest BCUT2D eigenvalue weighted by Gasteiger charge is -2.23. The van der Waals surface area contributed by atoms with Gasteiger partial charge >= 0.3 is 0 Å². The fraction of sp³-hybridized carbons (Fsp3) is 0.160. The molecule has 0 N–H and O–H groups in total. The normalized spacial score (nSPS) is 10.8. The summed E-state index contributed by atoms with van der Waals surface area (Å²) in [6.45, 7) is 2.50. The summed E-state index contributed by atoms with van der Waals surface area (Å²) in [5.41, 5.74) is 3.79. The van der Waals surface area contributed by atoms with Gasteiger partial charge in [0, 0.05) is 18.3 Å². The van der Waals surface area contributed by atoms with E-state index in [1.807, 2.05) is 73.1 Å². The number of nitrogens with zero attached hydrogens (tertiary/aromatic N) is 4. The number of hydrogen-bond acceptors (Lipinski definition) is 4. The average molecular weight is 447 g/mol. The minimum absolute atomic E-state index is 0.0178. The maximum Gasteiger partial charge on any atom is 0.237 e. The Bertz CT molecular complexity index is 1210. The molecule has 0 bridgehead atoms. The number of carbonyl (C=O) groups is 1. The molecule has 32 heavy (non-hydrogen) atoms. The van der Waals surface area contributed by atoms with Crippen molar-refractivity contribution in [2.45, 2.75) is 18.6 Å². The van der Waals surface area contributed by atoms with Crippen LogP contribution in [0, 0.1) is 12.7 Å². The summed E-state index contributed by atoms with van der Waals surface area (Å²) in [6, 6.07) is 24.0. The summed E-state index contributed by atoms with van der Waals surface area (Å²) in [7, 11) is 1.84. The fourth-order valence-electron chi connectivity index (χ4n) is 3.38. The highest BCUT2D eigenvalue weighted by atomic mass is 32.2. The molecule has 5 nitrogen and oxygen atoms in total. The van der Waals surface area contributed by atoms with E-state index in [0.29, 0.717) is 17.5 Å². The first kappa shape index (κ1) is 21.8. The minimum Gasteiger partial charge on any atom is -0.307 e. The lowest BCUT2D eigenvalue weighted by molar-refractivity contribution is -0.116. The minimum atomic E-state index is -0.300. The van der Waals surface area contributed by atoms with Gasteiger partial charge < -0.3 is 9.47 Å². The zero-order chi connectivity index (χ0) is 22.5. The second-order valence-electron chi connectivity index (χ2n) is 7.47. The van der Waals surface area contributed by atoms with E-state index in [1.165, 1.54) is 23.9 Å². The van der Waals surface area contributed by atoms with Gasteiger partial charge in [0.05, 0.1) is 12.3 Å². The molecule has 0 saturated carbocycles. The maximum absolute atomic E-state index is 13.3. The third kappa shape index (κ3) is 5.06.